The van der Waals surface area contributed by atoms with E-state index in [0.29, 0.717) is 6.42 Å². The molecule has 0 saturated carbocycles. The van der Waals surface area contributed by atoms with Gasteiger partial charge in [-0.15, -0.1) is 0 Å². The van der Waals surface area contributed by atoms with Gasteiger partial charge in [-0.2, -0.15) is 0 Å². The average Bonchev–Trinajstić information content (AvgIpc) is 3.10. The lowest BCUT2D eigenvalue weighted by Gasteiger charge is -2.19. The first-order chi connectivity index (χ1) is 24.2. The van der Waals surface area contributed by atoms with Crippen LogP contribution in [0.5, 0.6) is 0 Å². The minimum Gasteiger partial charge on any atom is -0.394 e. The zero-order valence-corrected chi connectivity index (χ0v) is 32.7. The minimum absolute atomic E-state index is 0.0799. The molecule has 286 valence electrons. The molecule has 0 saturated heterocycles. The van der Waals surface area contributed by atoms with Crippen LogP contribution in [0, 0.1) is 0 Å². The summed E-state index contributed by atoms with van der Waals surface area (Å²) >= 11 is 0. The van der Waals surface area contributed by atoms with Crippen LogP contribution in [0.4, 0.5) is 0 Å². The highest BCUT2D eigenvalue weighted by Gasteiger charge is 2.17. The number of amides is 1. The first-order valence-electron chi connectivity index (χ1n) is 21.4. The lowest BCUT2D eigenvalue weighted by Crippen LogP contribution is -2.45. The van der Waals surface area contributed by atoms with Gasteiger partial charge < -0.3 is 15.5 Å². The second-order valence-corrected chi connectivity index (χ2v) is 14.4. The topological polar surface area (TPSA) is 69.6 Å². The van der Waals surface area contributed by atoms with Crippen LogP contribution in [0.1, 0.15) is 213 Å². The van der Waals surface area contributed by atoms with Crippen molar-refractivity contribution in [3.05, 3.63) is 48.6 Å². The van der Waals surface area contributed by atoms with Gasteiger partial charge in [0.1, 0.15) is 0 Å². The number of hydrogen-bond acceptors (Lipinski definition) is 3. The lowest BCUT2D eigenvalue weighted by atomic mass is 10.0. The predicted octanol–water partition coefficient (Wildman–Crippen LogP) is 13.2. The molecule has 0 rings (SSSR count). The van der Waals surface area contributed by atoms with Gasteiger partial charge in [-0.25, -0.2) is 0 Å². The Bertz CT molecular complexity index is 786. The normalized spacial score (nSPS) is 13.5. The molecule has 2 unspecified atom stereocenters. The highest BCUT2D eigenvalue weighted by atomic mass is 16.3. The third kappa shape index (κ3) is 37.4. The molecule has 0 aliphatic rings. The molecule has 3 N–H and O–H groups in total. The molecule has 4 heteroatoms. The van der Waals surface area contributed by atoms with Crippen molar-refractivity contribution in [2.45, 2.75) is 225 Å². The maximum absolute atomic E-state index is 12.3. The number of allylic oxidation sites excluding steroid dienone is 7. The Labute approximate surface area is 305 Å². The van der Waals surface area contributed by atoms with Crippen molar-refractivity contribution < 1.29 is 15.0 Å². The summed E-state index contributed by atoms with van der Waals surface area (Å²) < 4.78 is 0. The summed E-state index contributed by atoms with van der Waals surface area (Å²) in [6.07, 6.45) is 55.1. The third-order valence-corrected chi connectivity index (χ3v) is 9.51. The number of unbranched alkanes of at least 4 members (excludes halogenated alkanes) is 25. The van der Waals surface area contributed by atoms with Gasteiger partial charge in [-0.05, 0) is 64.2 Å². The SMILES string of the molecule is CCCC/C=C/CC/C=C/CC/C=C/C(O)C(CO)NC(=O)CCCCCCCCCCCCCCC/C=C\CCCCCCCCCC. The van der Waals surface area contributed by atoms with E-state index in [4.69, 9.17) is 0 Å². The monoisotopic (exact) mass is 686 g/mol. The molecule has 1 amide bonds. The highest BCUT2D eigenvalue weighted by molar-refractivity contribution is 5.76. The fourth-order valence-electron chi connectivity index (χ4n) is 6.19. The minimum atomic E-state index is -0.868. The van der Waals surface area contributed by atoms with E-state index in [1.54, 1.807) is 6.08 Å². The van der Waals surface area contributed by atoms with Gasteiger partial charge >= 0.3 is 0 Å². The van der Waals surface area contributed by atoms with Crippen molar-refractivity contribution in [1.29, 1.82) is 0 Å². The van der Waals surface area contributed by atoms with Crippen LogP contribution in [-0.2, 0) is 4.79 Å². The molecule has 0 radical (unpaired) electrons. The Morgan fingerprint density at radius 3 is 1.24 bits per heavy atom. The number of rotatable bonds is 38. The third-order valence-electron chi connectivity index (χ3n) is 9.51. The maximum atomic E-state index is 12.3. The Morgan fingerprint density at radius 2 is 0.816 bits per heavy atom. The van der Waals surface area contributed by atoms with Crippen LogP contribution in [0.2, 0.25) is 0 Å². The van der Waals surface area contributed by atoms with Crippen molar-refractivity contribution in [2.75, 3.05) is 6.61 Å². The van der Waals surface area contributed by atoms with Crippen LogP contribution in [-0.4, -0.2) is 34.9 Å². The van der Waals surface area contributed by atoms with Crippen LogP contribution in [0.15, 0.2) is 48.6 Å². The first kappa shape index (κ1) is 47.4. The molecule has 0 aromatic carbocycles. The van der Waals surface area contributed by atoms with E-state index < -0.39 is 12.1 Å². The second-order valence-electron chi connectivity index (χ2n) is 14.4. The Morgan fingerprint density at radius 1 is 0.469 bits per heavy atom. The first-order valence-corrected chi connectivity index (χ1v) is 21.4. The quantitative estimate of drug-likeness (QED) is 0.0447. The smallest absolute Gasteiger partial charge is 0.220 e. The lowest BCUT2D eigenvalue weighted by molar-refractivity contribution is -0.123. The van der Waals surface area contributed by atoms with E-state index in [0.717, 1.165) is 38.5 Å². The summed E-state index contributed by atoms with van der Waals surface area (Å²) in [6, 6.07) is -0.643. The van der Waals surface area contributed by atoms with Crippen LogP contribution < -0.4 is 5.32 Å². The van der Waals surface area contributed by atoms with Crippen LogP contribution >= 0.6 is 0 Å². The molecule has 4 nitrogen and oxygen atoms in total. The number of aliphatic hydroxyl groups is 2. The van der Waals surface area contributed by atoms with Crippen LogP contribution in [0.25, 0.3) is 0 Å². The molecule has 0 aromatic heterocycles. The van der Waals surface area contributed by atoms with E-state index in [-0.39, 0.29) is 12.5 Å². The van der Waals surface area contributed by atoms with Gasteiger partial charge in [0, 0.05) is 6.42 Å². The van der Waals surface area contributed by atoms with E-state index >= 15 is 0 Å². The number of carbonyl (C=O) groups is 1. The van der Waals surface area contributed by atoms with Crippen molar-refractivity contribution in [3.63, 3.8) is 0 Å². The largest absolute Gasteiger partial charge is 0.394 e. The molecule has 0 heterocycles. The van der Waals surface area contributed by atoms with Gasteiger partial charge in [0.15, 0.2) is 0 Å². The summed E-state index contributed by atoms with van der Waals surface area (Å²) in [4.78, 5) is 12.3. The van der Waals surface area contributed by atoms with Crippen molar-refractivity contribution in [3.8, 4) is 0 Å². The zero-order valence-electron chi connectivity index (χ0n) is 32.7. The van der Waals surface area contributed by atoms with E-state index in [9.17, 15) is 15.0 Å². The van der Waals surface area contributed by atoms with Gasteiger partial charge in [0.25, 0.3) is 0 Å². The number of aliphatic hydroxyl groups excluding tert-OH is 2. The van der Waals surface area contributed by atoms with Gasteiger partial charge in [0.05, 0.1) is 18.8 Å². The second kappa shape index (κ2) is 40.8. The van der Waals surface area contributed by atoms with Gasteiger partial charge in [-0.3, -0.25) is 4.79 Å². The van der Waals surface area contributed by atoms with Crippen molar-refractivity contribution in [1.82, 2.24) is 5.32 Å². The fraction of sp³-hybridized carbons (Fsp3) is 0.800. The summed E-state index contributed by atoms with van der Waals surface area (Å²) in [5, 5.41) is 22.9. The van der Waals surface area contributed by atoms with Crippen molar-refractivity contribution in [2.24, 2.45) is 0 Å². The zero-order chi connectivity index (χ0) is 35.7. The molecule has 2 atom stereocenters. The van der Waals surface area contributed by atoms with E-state index in [1.807, 2.05) is 6.08 Å². The Hall–Kier alpha value is -1.65. The number of hydrogen-bond donors (Lipinski definition) is 3. The van der Waals surface area contributed by atoms with Crippen LogP contribution in [0.3, 0.4) is 0 Å². The van der Waals surface area contributed by atoms with Gasteiger partial charge in [0.2, 0.25) is 5.91 Å². The average molecular weight is 686 g/mol. The molecule has 0 fully saturated rings. The molecule has 0 bridgehead atoms. The summed E-state index contributed by atoms with van der Waals surface area (Å²) in [5.41, 5.74) is 0. The number of nitrogens with one attached hydrogen (secondary N) is 1. The summed E-state index contributed by atoms with van der Waals surface area (Å²) in [7, 11) is 0. The molecule has 49 heavy (non-hydrogen) atoms. The van der Waals surface area contributed by atoms with Gasteiger partial charge in [-0.1, -0.05) is 191 Å². The Kier molecular flexibility index (Phi) is 39.4. The standard InChI is InChI=1S/C45H83NO3/c1-3-5-7-9-11-13-15-17-18-19-20-21-22-23-24-25-26-27-28-29-31-33-35-37-39-41-45(49)46-43(42-47)44(48)40-38-36-34-32-30-16-14-12-10-8-6-4-2/h10,12,19-20,30,32,38,40,43-44,47-48H,3-9,11,13-18,21-29,31,33-37,39,41-42H2,1-2H3,(H,46,49)/b12-10+,20-19-,32-30+,40-38+. The Balaban J connectivity index is 3.54. The molecule has 0 aliphatic heterocycles. The molecule has 0 aliphatic carbocycles. The van der Waals surface area contributed by atoms with E-state index in [2.05, 4.69) is 55.6 Å². The molecule has 0 aromatic rings. The highest BCUT2D eigenvalue weighted by Crippen LogP contribution is 2.14. The molecular weight excluding hydrogens is 602 g/mol. The summed E-state index contributed by atoms with van der Waals surface area (Å²) in [6.45, 7) is 4.24. The molecule has 0 spiro atoms. The molecular formula is C45H83NO3. The predicted molar refractivity (Wildman–Crippen MR) is 216 cm³/mol. The fourth-order valence-corrected chi connectivity index (χ4v) is 6.19. The number of carbonyl (C=O) groups excluding carboxylic acids is 1. The van der Waals surface area contributed by atoms with Crippen molar-refractivity contribution >= 4 is 5.91 Å². The van der Waals surface area contributed by atoms with E-state index in [1.165, 1.54) is 154 Å². The maximum Gasteiger partial charge on any atom is 0.220 e. The summed E-state index contributed by atoms with van der Waals surface area (Å²) in [5.74, 6) is -0.0799.